The number of aromatic nitrogens is 2. The molecule has 28 heavy (non-hydrogen) atoms. The van der Waals surface area contributed by atoms with Crippen molar-refractivity contribution in [3.8, 4) is 0 Å². The molecule has 0 radical (unpaired) electrons. The lowest BCUT2D eigenvalue weighted by Crippen LogP contribution is -2.37. The number of amides is 2. The molecule has 1 N–H and O–H groups in total. The summed E-state index contributed by atoms with van der Waals surface area (Å²) in [4.78, 5) is 43.3. The van der Waals surface area contributed by atoms with Gasteiger partial charge in [0.1, 0.15) is 6.33 Å². The Balaban J connectivity index is 1.41. The predicted octanol–water partition coefficient (Wildman–Crippen LogP) is 1.56. The molecule has 1 aromatic heterocycles. The average molecular weight is 376 g/mol. The van der Waals surface area contributed by atoms with Gasteiger partial charge in [-0.3, -0.25) is 19.8 Å². The molecule has 7 nitrogen and oxygen atoms in total. The maximum atomic E-state index is 12.6. The Bertz CT molecular complexity index is 1080. The first-order valence-corrected chi connectivity index (χ1v) is 9.21. The normalized spacial score (nSPS) is 16.5. The highest BCUT2D eigenvalue weighted by atomic mass is 16.2. The molecule has 0 aliphatic carbocycles. The summed E-state index contributed by atoms with van der Waals surface area (Å²) in [6.07, 6.45) is 2.19. The number of carbonyl (C=O) groups excluding carboxylic acids is 2. The topological polar surface area (TPSA) is 84.3 Å². The van der Waals surface area contributed by atoms with Gasteiger partial charge in [-0.15, -0.1) is 0 Å². The zero-order chi connectivity index (χ0) is 19.5. The molecular weight excluding hydrogens is 356 g/mol. The number of nitrogens with one attached hydrogen (secondary N) is 1. The number of benzene rings is 2. The second-order valence-corrected chi connectivity index (χ2v) is 6.89. The summed E-state index contributed by atoms with van der Waals surface area (Å²) in [7, 11) is 0. The number of hydrogen-bond acceptors (Lipinski definition) is 4. The second kappa shape index (κ2) is 7.64. The Hall–Kier alpha value is -3.48. The van der Waals surface area contributed by atoms with E-state index in [4.69, 9.17) is 0 Å². The summed E-state index contributed by atoms with van der Waals surface area (Å²) in [6, 6.07) is 16.9. The molecule has 142 valence electrons. The number of fused-ring (bicyclic) bond motifs is 1. The van der Waals surface area contributed by atoms with E-state index < -0.39 is 5.92 Å². The highest BCUT2D eigenvalue weighted by molar-refractivity contribution is 5.93. The van der Waals surface area contributed by atoms with Crippen LogP contribution in [0.25, 0.3) is 10.9 Å². The third-order valence-electron chi connectivity index (χ3n) is 4.99. The largest absolute Gasteiger partial charge is 0.342 e. The van der Waals surface area contributed by atoms with E-state index in [1.165, 1.54) is 6.33 Å². The molecule has 1 atom stereocenters. The van der Waals surface area contributed by atoms with Crippen LogP contribution in [-0.2, 0) is 16.0 Å². The smallest absolute Gasteiger partial charge is 0.280 e. The van der Waals surface area contributed by atoms with Gasteiger partial charge in [0.25, 0.3) is 5.56 Å². The van der Waals surface area contributed by atoms with Crippen LogP contribution in [0.5, 0.6) is 0 Å². The zero-order valence-electron chi connectivity index (χ0n) is 15.2. The van der Waals surface area contributed by atoms with Crippen LogP contribution in [0.2, 0.25) is 0 Å². The molecule has 7 heteroatoms. The molecule has 3 aromatic rings. The van der Waals surface area contributed by atoms with Crippen LogP contribution in [-0.4, -0.2) is 39.5 Å². The van der Waals surface area contributed by atoms with Crippen LogP contribution >= 0.6 is 0 Å². The average Bonchev–Trinajstić information content (AvgIpc) is 3.10. The number of rotatable bonds is 5. The van der Waals surface area contributed by atoms with Crippen molar-refractivity contribution < 1.29 is 9.59 Å². The van der Waals surface area contributed by atoms with Gasteiger partial charge in [-0.25, -0.2) is 9.66 Å². The lowest BCUT2D eigenvalue weighted by Gasteiger charge is -2.17. The Labute approximate surface area is 161 Å². The molecule has 2 aromatic carbocycles. The highest BCUT2D eigenvalue weighted by Crippen LogP contribution is 2.19. The lowest BCUT2D eigenvalue weighted by atomic mass is 10.1. The molecule has 0 unspecified atom stereocenters. The van der Waals surface area contributed by atoms with E-state index in [2.05, 4.69) is 10.4 Å². The van der Waals surface area contributed by atoms with E-state index in [1.54, 1.807) is 29.2 Å². The Kier molecular flexibility index (Phi) is 4.89. The Morgan fingerprint density at radius 1 is 1.07 bits per heavy atom. The molecule has 4 rings (SSSR count). The molecule has 2 amide bonds. The lowest BCUT2D eigenvalue weighted by molar-refractivity contribution is -0.128. The summed E-state index contributed by atoms with van der Waals surface area (Å²) in [5.41, 5.74) is 3.96. The second-order valence-electron chi connectivity index (χ2n) is 6.89. The van der Waals surface area contributed by atoms with Crippen LogP contribution in [0, 0.1) is 5.92 Å². The van der Waals surface area contributed by atoms with E-state index in [9.17, 15) is 14.4 Å². The van der Waals surface area contributed by atoms with Crippen molar-refractivity contribution >= 4 is 22.7 Å². The molecule has 0 saturated carbocycles. The zero-order valence-corrected chi connectivity index (χ0v) is 15.2. The quantitative estimate of drug-likeness (QED) is 0.732. The van der Waals surface area contributed by atoms with Gasteiger partial charge in [0.05, 0.1) is 16.8 Å². The van der Waals surface area contributed by atoms with Crippen molar-refractivity contribution in [2.45, 2.75) is 12.8 Å². The summed E-state index contributed by atoms with van der Waals surface area (Å²) in [5.74, 6) is -0.878. The first-order chi connectivity index (χ1) is 13.6. The minimum atomic E-state index is -0.485. The highest BCUT2D eigenvalue weighted by Gasteiger charge is 2.34. The first-order valence-electron chi connectivity index (χ1n) is 9.21. The Morgan fingerprint density at radius 3 is 2.64 bits per heavy atom. The van der Waals surface area contributed by atoms with Crippen molar-refractivity contribution in [1.29, 1.82) is 0 Å². The molecule has 0 spiro atoms. The van der Waals surface area contributed by atoms with Gasteiger partial charge in [-0.1, -0.05) is 42.5 Å². The SMILES string of the molecule is O=C(Nn1cnc2ccccc2c1=O)[C@H]1CC(=O)N(CCc2ccccc2)C1. The monoisotopic (exact) mass is 376 g/mol. The molecule has 1 aliphatic heterocycles. The van der Waals surface area contributed by atoms with E-state index in [-0.39, 0.29) is 23.8 Å². The molecule has 0 bridgehead atoms. The van der Waals surface area contributed by atoms with Crippen LogP contribution in [0.1, 0.15) is 12.0 Å². The van der Waals surface area contributed by atoms with Gasteiger partial charge in [-0.2, -0.15) is 0 Å². The number of para-hydroxylation sites is 1. The molecule has 1 saturated heterocycles. The maximum Gasteiger partial charge on any atom is 0.280 e. The van der Waals surface area contributed by atoms with Crippen molar-refractivity contribution in [3.63, 3.8) is 0 Å². The van der Waals surface area contributed by atoms with Gasteiger partial charge in [0.15, 0.2) is 0 Å². The van der Waals surface area contributed by atoms with Gasteiger partial charge < -0.3 is 4.90 Å². The fraction of sp³-hybridized carbons (Fsp3) is 0.238. The number of nitrogens with zero attached hydrogens (tertiary/aromatic N) is 3. The number of hydrogen-bond donors (Lipinski definition) is 1. The minimum Gasteiger partial charge on any atom is -0.342 e. The van der Waals surface area contributed by atoms with Crippen molar-refractivity contribution in [2.24, 2.45) is 5.92 Å². The summed E-state index contributed by atoms with van der Waals surface area (Å²) in [5, 5.41) is 0.428. The third kappa shape index (κ3) is 3.64. The molecule has 1 aliphatic rings. The van der Waals surface area contributed by atoms with Gasteiger partial charge in [0.2, 0.25) is 11.8 Å². The van der Waals surface area contributed by atoms with Gasteiger partial charge >= 0.3 is 0 Å². The van der Waals surface area contributed by atoms with Gasteiger partial charge in [0, 0.05) is 19.5 Å². The fourth-order valence-electron chi connectivity index (χ4n) is 3.43. The third-order valence-corrected chi connectivity index (χ3v) is 4.99. The van der Waals surface area contributed by atoms with Gasteiger partial charge in [-0.05, 0) is 24.1 Å². The number of likely N-dealkylation sites (tertiary alicyclic amines) is 1. The van der Waals surface area contributed by atoms with Crippen LogP contribution in [0.3, 0.4) is 0 Å². The molecule has 1 fully saturated rings. The first kappa shape index (κ1) is 17.9. The number of carbonyl (C=O) groups is 2. The molecule has 2 heterocycles. The van der Waals surface area contributed by atoms with Crippen molar-refractivity contribution in [3.05, 3.63) is 76.8 Å². The maximum absolute atomic E-state index is 12.6. The van der Waals surface area contributed by atoms with E-state index in [0.717, 1.165) is 16.7 Å². The van der Waals surface area contributed by atoms with Crippen molar-refractivity contribution in [1.82, 2.24) is 14.6 Å². The summed E-state index contributed by atoms with van der Waals surface area (Å²) >= 11 is 0. The van der Waals surface area contributed by atoms with Crippen LogP contribution < -0.4 is 11.0 Å². The van der Waals surface area contributed by atoms with Crippen LogP contribution in [0.4, 0.5) is 0 Å². The van der Waals surface area contributed by atoms with Crippen LogP contribution in [0.15, 0.2) is 65.7 Å². The van der Waals surface area contributed by atoms with E-state index in [0.29, 0.717) is 24.0 Å². The van der Waals surface area contributed by atoms with Crippen molar-refractivity contribution in [2.75, 3.05) is 18.5 Å². The molecular formula is C21H20N4O3. The minimum absolute atomic E-state index is 0.0416. The fourth-order valence-corrected chi connectivity index (χ4v) is 3.43. The summed E-state index contributed by atoms with van der Waals surface area (Å²) in [6.45, 7) is 0.928. The van der Waals surface area contributed by atoms with E-state index in [1.807, 2.05) is 30.3 Å². The van der Waals surface area contributed by atoms with E-state index >= 15 is 0 Å². The Morgan fingerprint density at radius 2 is 1.82 bits per heavy atom. The standard InChI is InChI=1S/C21H20N4O3/c26-19-12-16(13-24(19)11-10-15-6-2-1-3-7-15)20(27)23-25-14-22-18-9-5-4-8-17(18)21(25)28/h1-9,14,16H,10-13H2,(H,23,27)/t16-/m0/s1. The predicted molar refractivity (Wildman–Crippen MR) is 105 cm³/mol. The summed E-state index contributed by atoms with van der Waals surface area (Å²) < 4.78 is 1.09.